The summed E-state index contributed by atoms with van der Waals surface area (Å²) >= 11 is 0. The maximum absolute atomic E-state index is 11.9. The highest BCUT2D eigenvalue weighted by molar-refractivity contribution is 7.91. The number of rotatable bonds is 6. The summed E-state index contributed by atoms with van der Waals surface area (Å²) < 4.78 is 28.7. The van der Waals surface area contributed by atoms with Gasteiger partial charge < -0.3 is 10.5 Å². The Morgan fingerprint density at radius 3 is 2.60 bits per heavy atom. The summed E-state index contributed by atoms with van der Waals surface area (Å²) in [4.78, 5) is 0. The highest BCUT2D eigenvalue weighted by Gasteiger charge is 2.18. The first-order valence-electron chi connectivity index (χ1n) is 6.46. The summed E-state index contributed by atoms with van der Waals surface area (Å²) in [6.07, 6.45) is 0. The third kappa shape index (κ3) is 3.56. The molecule has 2 N–H and O–H groups in total. The summed E-state index contributed by atoms with van der Waals surface area (Å²) in [5, 5.41) is 2.07. The van der Waals surface area contributed by atoms with Gasteiger partial charge in [-0.25, -0.2) is 8.42 Å². The minimum absolute atomic E-state index is 0.00195. The van der Waals surface area contributed by atoms with E-state index in [0.29, 0.717) is 0 Å². The van der Waals surface area contributed by atoms with E-state index in [2.05, 4.69) is 0 Å². The van der Waals surface area contributed by atoms with E-state index in [1.54, 1.807) is 0 Å². The standard InChI is InChI=1S/C15H19NO3S/c1-19-9-10-20(17,18)11-15(16)14-8-4-6-12-5-2-3-7-13(12)14/h2-8,15H,9-11,16H2,1H3. The number of hydrogen-bond acceptors (Lipinski definition) is 4. The smallest absolute Gasteiger partial charge is 0.154 e. The lowest BCUT2D eigenvalue weighted by molar-refractivity contribution is 0.217. The molecule has 20 heavy (non-hydrogen) atoms. The van der Waals surface area contributed by atoms with Crippen molar-refractivity contribution in [2.75, 3.05) is 25.2 Å². The first-order chi connectivity index (χ1) is 9.53. The molecule has 0 radical (unpaired) electrons. The number of sulfone groups is 1. The van der Waals surface area contributed by atoms with Gasteiger partial charge in [0, 0.05) is 13.2 Å². The Kier molecular flexibility index (Phi) is 4.75. The minimum Gasteiger partial charge on any atom is -0.384 e. The molecule has 0 aliphatic heterocycles. The van der Waals surface area contributed by atoms with E-state index in [0.717, 1.165) is 16.3 Å². The quantitative estimate of drug-likeness (QED) is 0.883. The molecule has 1 atom stereocenters. The maximum atomic E-state index is 11.9. The van der Waals surface area contributed by atoms with E-state index < -0.39 is 15.9 Å². The van der Waals surface area contributed by atoms with Gasteiger partial charge in [-0.1, -0.05) is 42.5 Å². The van der Waals surface area contributed by atoms with Crippen molar-refractivity contribution >= 4 is 20.6 Å². The van der Waals surface area contributed by atoms with Gasteiger partial charge in [0.2, 0.25) is 0 Å². The normalized spacial score (nSPS) is 13.5. The van der Waals surface area contributed by atoms with Crippen molar-refractivity contribution in [1.29, 1.82) is 0 Å². The number of hydrogen-bond donors (Lipinski definition) is 1. The molecule has 0 aromatic heterocycles. The van der Waals surface area contributed by atoms with Crippen LogP contribution in [0.5, 0.6) is 0 Å². The second-order valence-electron chi connectivity index (χ2n) is 4.78. The van der Waals surface area contributed by atoms with Crippen molar-refractivity contribution in [2.24, 2.45) is 5.73 Å². The minimum atomic E-state index is -3.21. The predicted molar refractivity (Wildman–Crippen MR) is 81.4 cm³/mol. The zero-order valence-corrected chi connectivity index (χ0v) is 12.3. The number of methoxy groups -OCH3 is 1. The largest absolute Gasteiger partial charge is 0.384 e. The maximum Gasteiger partial charge on any atom is 0.154 e. The van der Waals surface area contributed by atoms with Gasteiger partial charge in [0.1, 0.15) is 0 Å². The summed E-state index contributed by atoms with van der Waals surface area (Å²) in [6.45, 7) is 0.199. The zero-order valence-electron chi connectivity index (χ0n) is 11.5. The van der Waals surface area contributed by atoms with E-state index in [4.69, 9.17) is 10.5 Å². The first kappa shape index (κ1) is 15.0. The van der Waals surface area contributed by atoms with Crippen molar-refractivity contribution in [2.45, 2.75) is 6.04 Å². The van der Waals surface area contributed by atoms with Crippen LogP contribution in [-0.4, -0.2) is 33.6 Å². The molecule has 0 aliphatic carbocycles. The summed E-state index contributed by atoms with van der Waals surface area (Å²) in [5.74, 6) is -0.0632. The van der Waals surface area contributed by atoms with Crippen LogP contribution in [0.25, 0.3) is 10.8 Å². The van der Waals surface area contributed by atoms with E-state index in [1.807, 2.05) is 42.5 Å². The van der Waals surface area contributed by atoms with Crippen LogP contribution in [0.3, 0.4) is 0 Å². The highest BCUT2D eigenvalue weighted by Crippen LogP contribution is 2.24. The lowest BCUT2D eigenvalue weighted by atomic mass is 10.0. The summed E-state index contributed by atoms with van der Waals surface area (Å²) in [7, 11) is -1.72. The number of fused-ring (bicyclic) bond motifs is 1. The molecule has 5 heteroatoms. The molecule has 0 spiro atoms. The van der Waals surface area contributed by atoms with Gasteiger partial charge in [0.05, 0.1) is 18.1 Å². The molecule has 0 amide bonds. The molecular formula is C15H19NO3S. The first-order valence-corrected chi connectivity index (χ1v) is 8.28. The molecule has 1 unspecified atom stereocenters. The van der Waals surface area contributed by atoms with Crippen molar-refractivity contribution in [3.05, 3.63) is 48.0 Å². The summed E-state index contributed by atoms with van der Waals surface area (Å²) in [5.41, 5.74) is 6.96. The Balaban J connectivity index is 2.26. The molecule has 0 saturated carbocycles. The second-order valence-corrected chi connectivity index (χ2v) is 7.01. The third-order valence-electron chi connectivity index (χ3n) is 3.25. The Hall–Kier alpha value is -1.43. The zero-order chi connectivity index (χ0) is 14.6. The van der Waals surface area contributed by atoms with E-state index in [1.165, 1.54) is 7.11 Å². The van der Waals surface area contributed by atoms with Gasteiger partial charge in [-0.05, 0) is 16.3 Å². The fourth-order valence-corrected chi connectivity index (χ4v) is 3.54. The van der Waals surface area contributed by atoms with Gasteiger partial charge >= 0.3 is 0 Å². The monoisotopic (exact) mass is 293 g/mol. The van der Waals surface area contributed by atoms with Gasteiger partial charge in [0.25, 0.3) is 0 Å². The van der Waals surface area contributed by atoms with Crippen molar-refractivity contribution in [3.63, 3.8) is 0 Å². The molecule has 0 aliphatic rings. The average molecular weight is 293 g/mol. The molecule has 0 bridgehead atoms. The van der Waals surface area contributed by atoms with E-state index in [-0.39, 0.29) is 18.1 Å². The van der Waals surface area contributed by atoms with Crippen molar-refractivity contribution in [3.8, 4) is 0 Å². The van der Waals surface area contributed by atoms with Crippen LogP contribution in [-0.2, 0) is 14.6 Å². The fraction of sp³-hybridized carbons (Fsp3) is 0.333. The van der Waals surface area contributed by atoms with Crippen LogP contribution in [0.2, 0.25) is 0 Å². The Labute approximate surface area is 119 Å². The molecule has 4 nitrogen and oxygen atoms in total. The van der Waals surface area contributed by atoms with Crippen LogP contribution < -0.4 is 5.73 Å². The van der Waals surface area contributed by atoms with Gasteiger partial charge in [-0.3, -0.25) is 0 Å². The molecule has 0 fully saturated rings. The van der Waals surface area contributed by atoms with Crippen LogP contribution in [0.4, 0.5) is 0 Å². The summed E-state index contributed by atoms with van der Waals surface area (Å²) in [6, 6.07) is 13.1. The van der Waals surface area contributed by atoms with Crippen LogP contribution in [0.15, 0.2) is 42.5 Å². The lowest BCUT2D eigenvalue weighted by Crippen LogP contribution is -2.25. The second kappa shape index (κ2) is 6.35. The Bertz CT molecular complexity index is 677. The van der Waals surface area contributed by atoms with E-state index >= 15 is 0 Å². The molecule has 0 heterocycles. The van der Waals surface area contributed by atoms with Crippen molar-refractivity contribution in [1.82, 2.24) is 0 Å². The number of nitrogens with two attached hydrogens (primary N) is 1. The molecule has 2 aromatic carbocycles. The van der Waals surface area contributed by atoms with Gasteiger partial charge in [0.15, 0.2) is 9.84 Å². The van der Waals surface area contributed by atoms with Crippen LogP contribution >= 0.6 is 0 Å². The molecule has 2 rings (SSSR count). The SMILES string of the molecule is COCCS(=O)(=O)CC(N)c1cccc2ccccc12. The van der Waals surface area contributed by atoms with Crippen molar-refractivity contribution < 1.29 is 13.2 Å². The Morgan fingerprint density at radius 1 is 1.15 bits per heavy atom. The number of ether oxygens (including phenoxy) is 1. The lowest BCUT2D eigenvalue weighted by Gasteiger charge is -2.15. The molecular weight excluding hydrogens is 274 g/mol. The van der Waals surface area contributed by atoms with Gasteiger partial charge in [-0.2, -0.15) is 0 Å². The fourth-order valence-electron chi connectivity index (χ4n) is 2.23. The third-order valence-corrected chi connectivity index (χ3v) is 4.91. The van der Waals surface area contributed by atoms with E-state index in [9.17, 15) is 8.42 Å². The predicted octanol–water partition coefficient (Wildman–Crippen LogP) is 1.90. The van der Waals surface area contributed by atoms with Crippen LogP contribution in [0.1, 0.15) is 11.6 Å². The van der Waals surface area contributed by atoms with Crippen LogP contribution in [0, 0.1) is 0 Å². The molecule has 0 saturated heterocycles. The Morgan fingerprint density at radius 2 is 1.85 bits per heavy atom. The topological polar surface area (TPSA) is 69.4 Å². The average Bonchev–Trinajstić information content (AvgIpc) is 2.44. The molecule has 108 valence electrons. The number of benzene rings is 2. The highest BCUT2D eigenvalue weighted by atomic mass is 32.2. The van der Waals surface area contributed by atoms with Gasteiger partial charge in [-0.15, -0.1) is 0 Å². The molecule has 2 aromatic rings.